The minimum atomic E-state index is 0.708. The molecule has 0 fully saturated rings. The second-order valence-electron chi connectivity index (χ2n) is 4.57. The fourth-order valence-electron chi connectivity index (χ4n) is 2.15. The Morgan fingerprint density at radius 2 is 1.59 bits per heavy atom. The van der Waals surface area contributed by atoms with E-state index in [2.05, 4.69) is 26.0 Å². The first-order valence-corrected chi connectivity index (χ1v) is 7.40. The average Bonchev–Trinajstić information content (AvgIpc) is 3.04. The van der Waals surface area contributed by atoms with Crippen molar-refractivity contribution in [3.05, 3.63) is 53.3 Å². The highest BCUT2D eigenvalue weighted by molar-refractivity contribution is 9.10. The molecular weight excluding hydrogens is 346 g/mol. The summed E-state index contributed by atoms with van der Waals surface area (Å²) < 4.78 is 13.4. The Kier molecular flexibility index (Phi) is 4.11. The lowest BCUT2D eigenvalue weighted by atomic mass is 10.2. The molecule has 2 aromatic carbocycles. The van der Waals surface area contributed by atoms with Gasteiger partial charge < -0.3 is 9.47 Å². The summed E-state index contributed by atoms with van der Waals surface area (Å²) >= 11 is 3.43. The van der Waals surface area contributed by atoms with Crippen LogP contribution in [-0.2, 0) is 0 Å². The van der Waals surface area contributed by atoms with E-state index in [4.69, 9.17) is 9.47 Å². The molecule has 0 saturated heterocycles. The van der Waals surface area contributed by atoms with Crippen molar-refractivity contribution < 1.29 is 9.47 Å². The average molecular weight is 360 g/mol. The van der Waals surface area contributed by atoms with Crippen LogP contribution in [0.15, 0.2) is 53.3 Å². The van der Waals surface area contributed by atoms with Crippen LogP contribution in [-0.4, -0.2) is 29.0 Å². The summed E-state index contributed by atoms with van der Waals surface area (Å²) in [5, 5.41) is 4.31. The predicted molar refractivity (Wildman–Crippen MR) is 87.6 cm³/mol. The maximum atomic E-state index is 5.31. The van der Waals surface area contributed by atoms with Crippen LogP contribution in [0.4, 0.5) is 0 Å². The van der Waals surface area contributed by atoms with E-state index in [1.807, 2.05) is 42.5 Å². The van der Waals surface area contributed by atoms with Crippen LogP contribution in [0.25, 0.3) is 17.1 Å². The number of hydrogen-bond donors (Lipinski definition) is 0. The molecule has 0 saturated carbocycles. The van der Waals surface area contributed by atoms with Crippen molar-refractivity contribution >= 4 is 15.9 Å². The zero-order chi connectivity index (χ0) is 15.5. The van der Waals surface area contributed by atoms with E-state index < -0.39 is 0 Å². The molecule has 1 aromatic heterocycles. The first kappa shape index (κ1) is 14.6. The number of aromatic nitrogens is 3. The summed E-state index contributed by atoms with van der Waals surface area (Å²) in [6, 6.07) is 13.5. The van der Waals surface area contributed by atoms with Gasteiger partial charge in [-0.25, -0.2) is 9.67 Å². The highest BCUT2D eigenvalue weighted by Crippen LogP contribution is 2.29. The first-order chi connectivity index (χ1) is 10.7. The summed E-state index contributed by atoms with van der Waals surface area (Å²) in [6.07, 6.45) is 1.53. The third kappa shape index (κ3) is 2.82. The molecule has 0 aliphatic heterocycles. The second-order valence-corrected chi connectivity index (χ2v) is 5.49. The molecule has 5 nitrogen and oxygen atoms in total. The predicted octanol–water partition coefficient (Wildman–Crippen LogP) is 3.71. The maximum absolute atomic E-state index is 5.31. The van der Waals surface area contributed by atoms with Crippen LogP contribution in [0, 0.1) is 0 Å². The number of nitrogens with zero attached hydrogens (tertiary/aromatic N) is 3. The summed E-state index contributed by atoms with van der Waals surface area (Å²) in [5.74, 6) is 2.14. The normalized spacial score (nSPS) is 10.5. The van der Waals surface area contributed by atoms with Gasteiger partial charge in [0.05, 0.1) is 19.9 Å². The van der Waals surface area contributed by atoms with Gasteiger partial charge in [-0.3, -0.25) is 0 Å². The van der Waals surface area contributed by atoms with Crippen LogP contribution in [0.3, 0.4) is 0 Å². The molecule has 0 atom stereocenters. The lowest BCUT2D eigenvalue weighted by Crippen LogP contribution is -2.00. The largest absolute Gasteiger partial charge is 0.497 e. The van der Waals surface area contributed by atoms with Crippen molar-refractivity contribution in [1.29, 1.82) is 0 Å². The van der Waals surface area contributed by atoms with E-state index in [1.165, 1.54) is 6.33 Å². The van der Waals surface area contributed by atoms with Gasteiger partial charge in [-0.05, 0) is 36.4 Å². The standard InChI is InChI=1S/C16H14BrN3O2/c1-21-14-7-11(8-15(9-14)22-2)16-18-10-19-20(16)13-5-3-12(17)4-6-13/h3-10H,1-2H3. The van der Waals surface area contributed by atoms with Crippen LogP contribution in [0.5, 0.6) is 11.5 Å². The van der Waals surface area contributed by atoms with Crippen LogP contribution in [0.1, 0.15) is 0 Å². The molecule has 0 unspecified atom stereocenters. The van der Waals surface area contributed by atoms with Crippen molar-refractivity contribution in [3.63, 3.8) is 0 Å². The SMILES string of the molecule is COc1cc(OC)cc(-c2ncnn2-c2ccc(Br)cc2)c1. The third-order valence-electron chi connectivity index (χ3n) is 3.23. The van der Waals surface area contributed by atoms with Crippen molar-refractivity contribution in [2.45, 2.75) is 0 Å². The van der Waals surface area contributed by atoms with Gasteiger partial charge in [0.1, 0.15) is 17.8 Å². The van der Waals surface area contributed by atoms with Gasteiger partial charge in [0.2, 0.25) is 0 Å². The van der Waals surface area contributed by atoms with Crippen LogP contribution >= 0.6 is 15.9 Å². The minimum absolute atomic E-state index is 0.708. The molecule has 3 aromatic rings. The summed E-state index contributed by atoms with van der Waals surface area (Å²) in [6.45, 7) is 0. The van der Waals surface area contributed by atoms with Gasteiger partial charge in [0.15, 0.2) is 5.82 Å². The van der Waals surface area contributed by atoms with Crippen molar-refractivity contribution in [2.24, 2.45) is 0 Å². The van der Waals surface area contributed by atoms with Crippen LogP contribution < -0.4 is 9.47 Å². The fourth-order valence-corrected chi connectivity index (χ4v) is 2.41. The number of methoxy groups -OCH3 is 2. The summed E-state index contributed by atoms with van der Waals surface area (Å²) in [7, 11) is 3.25. The van der Waals surface area contributed by atoms with E-state index >= 15 is 0 Å². The molecule has 1 heterocycles. The molecule has 3 rings (SSSR count). The number of rotatable bonds is 4. The molecule has 6 heteroatoms. The lowest BCUT2D eigenvalue weighted by Gasteiger charge is -2.10. The van der Waals surface area contributed by atoms with Gasteiger partial charge in [-0.1, -0.05) is 15.9 Å². The second kappa shape index (κ2) is 6.19. The zero-order valence-electron chi connectivity index (χ0n) is 12.2. The topological polar surface area (TPSA) is 49.2 Å². The van der Waals surface area contributed by atoms with E-state index in [-0.39, 0.29) is 0 Å². The Labute approximate surface area is 136 Å². The first-order valence-electron chi connectivity index (χ1n) is 6.60. The molecule has 22 heavy (non-hydrogen) atoms. The van der Waals surface area contributed by atoms with E-state index in [9.17, 15) is 0 Å². The zero-order valence-corrected chi connectivity index (χ0v) is 13.7. The minimum Gasteiger partial charge on any atom is -0.497 e. The van der Waals surface area contributed by atoms with Gasteiger partial charge in [-0.2, -0.15) is 5.10 Å². The fraction of sp³-hybridized carbons (Fsp3) is 0.125. The Bertz CT molecular complexity index is 762. The molecule has 0 N–H and O–H groups in total. The molecule has 112 valence electrons. The Morgan fingerprint density at radius 3 is 2.18 bits per heavy atom. The van der Waals surface area contributed by atoms with Gasteiger partial charge in [0.25, 0.3) is 0 Å². The van der Waals surface area contributed by atoms with Gasteiger partial charge in [0, 0.05) is 16.1 Å². The van der Waals surface area contributed by atoms with Crippen molar-refractivity contribution in [3.8, 4) is 28.6 Å². The van der Waals surface area contributed by atoms with E-state index in [0.29, 0.717) is 11.5 Å². The number of benzene rings is 2. The van der Waals surface area contributed by atoms with Crippen molar-refractivity contribution in [2.75, 3.05) is 14.2 Å². The molecule has 0 spiro atoms. The number of hydrogen-bond acceptors (Lipinski definition) is 4. The number of ether oxygens (including phenoxy) is 2. The lowest BCUT2D eigenvalue weighted by molar-refractivity contribution is 0.394. The molecule has 0 aliphatic rings. The van der Waals surface area contributed by atoms with E-state index in [0.717, 1.165) is 21.5 Å². The van der Waals surface area contributed by atoms with Gasteiger partial charge in [-0.15, -0.1) is 0 Å². The summed E-state index contributed by atoms with van der Waals surface area (Å²) in [5.41, 5.74) is 1.80. The van der Waals surface area contributed by atoms with Gasteiger partial charge >= 0.3 is 0 Å². The van der Waals surface area contributed by atoms with Crippen molar-refractivity contribution in [1.82, 2.24) is 14.8 Å². The monoisotopic (exact) mass is 359 g/mol. The Morgan fingerprint density at radius 1 is 0.955 bits per heavy atom. The Balaban J connectivity index is 2.10. The molecule has 0 bridgehead atoms. The summed E-state index contributed by atoms with van der Waals surface area (Å²) in [4.78, 5) is 4.37. The third-order valence-corrected chi connectivity index (χ3v) is 3.76. The van der Waals surface area contributed by atoms with Crippen LogP contribution in [0.2, 0.25) is 0 Å². The molecule has 0 amide bonds. The molecular formula is C16H14BrN3O2. The highest BCUT2D eigenvalue weighted by Gasteiger charge is 2.12. The quantitative estimate of drug-likeness (QED) is 0.712. The number of halogens is 1. The molecule has 0 aliphatic carbocycles. The van der Waals surface area contributed by atoms with E-state index in [1.54, 1.807) is 18.9 Å². The smallest absolute Gasteiger partial charge is 0.163 e. The maximum Gasteiger partial charge on any atom is 0.163 e. The molecule has 0 radical (unpaired) electrons. The highest BCUT2D eigenvalue weighted by atomic mass is 79.9. The Hall–Kier alpha value is -2.34.